The molecule has 1 fully saturated rings. The van der Waals surface area contributed by atoms with Crippen molar-refractivity contribution < 1.29 is 5.11 Å². The van der Waals surface area contributed by atoms with Gasteiger partial charge in [-0.05, 0) is 55.2 Å². The largest absolute Gasteiger partial charge is 0.507 e. The van der Waals surface area contributed by atoms with Crippen molar-refractivity contribution in [1.29, 1.82) is 0 Å². The predicted octanol–water partition coefficient (Wildman–Crippen LogP) is 8.75. The maximum Gasteiger partial charge on any atom is 0.123 e. The summed E-state index contributed by atoms with van der Waals surface area (Å²) in [7, 11) is 0. The Morgan fingerprint density at radius 3 is 1.64 bits per heavy atom. The van der Waals surface area contributed by atoms with Crippen LogP contribution in [0.5, 0.6) is 5.75 Å². The summed E-state index contributed by atoms with van der Waals surface area (Å²) >= 11 is 0. The lowest BCUT2D eigenvalue weighted by atomic mass is 9.91. The first-order chi connectivity index (χ1) is 19.0. The first kappa shape index (κ1) is 24.8. The van der Waals surface area contributed by atoms with E-state index in [1.807, 2.05) is 18.2 Å². The molecule has 0 radical (unpaired) electrons. The van der Waals surface area contributed by atoms with Gasteiger partial charge in [0.1, 0.15) is 5.75 Å². The third-order valence-electron chi connectivity index (χ3n) is 7.89. The van der Waals surface area contributed by atoms with E-state index in [1.54, 1.807) is 6.07 Å². The molecule has 1 aliphatic rings. The molecule has 0 saturated carbocycles. The smallest absolute Gasteiger partial charge is 0.123 e. The number of hydrogen-bond acceptors (Lipinski definition) is 3. The molecule has 0 bridgehead atoms. The Kier molecular flexibility index (Phi) is 6.58. The topological polar surface area (TPSA) is 26.7 Å². The highest BCUT2D eigenvalue weighted by Gasteiger charge is 2.43. The van der Waals surface area contributed by atoms with E-state index in [9.17, 15) is 5.11 Å². The van der Waals surface area contributed by atoms with E-state index in [4.69, 9.17) is 0 Å². The van der Waals surface area contributed by atoms with Gasteiger partial charge in [0.2, 0.25) is 0 Å². The van der Waals surface area contributed by atoms with Crippen LogP contribution in [-0.4, -0.2) is 11.8 Å². The lowest BCUT2D eigenvalue weighted by Gasteiger charge is -2.32. The number of anilines is 2. The van der Waals surface area contributed by atoms with Gasteiger partial charge in [-0.15, -0.1) is 0 Å². The molecule has 5 aromatic carbocycles. The van der Waals surface area contributed by atoms with E-state index in [0.29, 0.717) is 12.4 Å². The van der Waals surface area contributed by atoms with E-state index in [2.05, 4.69) is 128 Å². The minimum absolute atomic E-state index is 0.0562. The van der Waals surface area contributed by atoms with Gasteiger partial charge >= 0.3 is 0 Å². The second-order valence-electron chi connectivity index (χ2n) is 10.6. The standard InChI is InChI=1S/C36H34N2O/c1-25-22-26(2)34(27(3)23-25)38-24-37(32-20-12-10-18-30(32)31-19-11-13-21-33(31)39)35(28-14-6-4-7-15-28)36(38)29-16-8-5-9-17-29/h4-23,35-36,39H,24H2,1-3H3/t35-,36-/m0/s1. The third kappa shape index (κ3) is 4.55. The van der Waals surface area contributed by atoms with Crippen LogP contribution < -0.4 is 9.80 Å². The van der Waals surface area contributed by atoms with Crippen molar-refractivity contribution in [1.82, 2.24) is 0 Å². The van der Waals surface area contributed by atoms with Crippen LogP contribution >= 0.6 is 0 Å². The number of phenols is 1. The molecule has 0 amide bonds. The minimum Gasteiger partial charge on any atom is -0.507 e. The molecule has 1 N–H and O–H groups in total. The second-order valence-corrected chi connectivity index (χ2v) is 10.6. The fourth-order valence-electron chi connectivity index (χ4n) is 6.42. The van der Waals surface area contributed by atoms with Crippen molar-refractivity contribution in [3.05, 3.63) is 149 Å². The first-order valence-corrected chi connectivity index (χ1v) is 13.6. The fraction of sp³-hybridized carbons (Fsp3) is 0.167. The number of benzene rings is 5. The highest BCUT2D eigenvalue weighted by Crippen LogP contribution is 2.51. The van der Waals surface area contributed by atoms with Crippen molar-refractivity contribution in [2.45, 2.75) is 32.9 Å². The van der Waals surface area contributed by atoms with Gasteiger partial charge in [-0.1, -0.05) is 115 Å². The molecule has 0 unspecified atom stereocenters. The summed E-state index contributed by atoms with van der Waals surface area (Å²) in [5.74, 6) is 0.294. The summed E-state index contributed by atoms with van der Waals surface area (Å²) in [6.07, 6.45) is 0. The van der Waals surface area contributed by atoms with Crippen LogP contribution in [0.4, 0.5) is 11.4 Å². The van der Waals surface area contributed by atoms with Crippen molar-refractivity contribution in [3.63, 3.8) is 0 Å². The predicted molar refractivity (Wildman–Crippen MR) is 162 cm³/mol. The van der Waals surface area contributed by atoms with Crippen molar-refractivity contribution >= 4 is 11.4 Å². The number of aromatic hydroxyl groups is 1. The molecule has 6 rings (SSSR count). The van der Waals surface area contributed by atoms with Crippen LogP contribution in [-0.2, 0) is 0 Å². The van der Waals surface area contributed by atoms with Crippen molar-refractivity contribution in [2.75, 3.05) is 16.5 Å². The van der Waals surface area contributed by atoms with Crippen LogP contribution in [0.2, 0.25) is 0 Å². The Balaban J connectivity index is 1.60. The van der Waals surface area contributed by atoms with Gasteiger partial charge in [0.05, 0.1) is 18.8 Å². The molecule has 3 heteroatoms. The Labute approximate surface area is 231 Å². The highest BCUT2D eigenvalue weighted by atomic mass is 16.3. The summed E-state index contributed by atoms with van der Waals surface area (Å²) < 4.78 is 0. The van der Waals surface area contributed by atoms with Gasteiger partial charge in [0.25, 0.3) is 0 Å². The molecule has 2 atom stereocenters. The van der Waals surface area contributed by atoms with Crippen LogP contribution in [0.15, 0.2) is 121 Å². The summed E-state index contributed by atoms with van der Waals surface area (Å²) in [6.45, 7) is 7.35. The molecule has 0 spiro atoms. The number of hydrogen-bond donors (Lipinski definition) is 1. The molecular formula is C36H34N2O. The van der Waals surface area contributed by atoms with E-state index in [0.717, 1.165) is 16.8 Å². The van der Waals surface area contributed by atoms with Gasteiger partial charge < -0.3 is 14.9 Å². The van der Waals surface area contributed by atoms with Gasteiger partial charge in [0.15, 0.2) is 0 Å². The number of rotatable bonds is 5. The fourth-order valence-corrected chi connectivity index (χ4v) is 6.42. The molecule has 194 valence electrons. The summed E-state index contributed by atoms with van der Waals surface area (Å²) in [5.41, 5.74) is 10.7. The lowest BCUT2D eigenvalue weighted by molar-refractivity contribution is 0.477. The Hall–Kier alpha value is -4.50. The lowest BCUT2D eigenvalue weighted by Crippen LogP contribution is -2.27. The van der Waals surface area contributed by atoms with Crippen LogP contribution in [0, 0.1) is 20.8 Å². The number of aryl methyl sites for hydroxylation is 3. The van der Waals surface area contributed by atoms with E-state index >= 15 is 0 Å². The number of para-hydroxylation sites is 2. The molecule has 3 nitrogen and oxygen atoms in total. The highest BCUT2D eigenvalue weighted by molar-refractivity contribution is 5.83. The van der Waals surface area contributed by atoms with Gasteiger partial charge in [0, 0.05) is 22.5 Å². The van der Waals surface area contributed by atoms with Gasteiger partial charge in [-0.2, -0.15) is 0 Å². The summed E-state index contributed by atoms with van der Waals surface area (Å²) in [5, 5.41) is 10.8. The average Bonchev–Trinajstić information content (AvgIpc) is 3.33. The first-order valence-electron chi connectivity index (χ1n) is 13.6. The molecule has 39 heavy (non-hydrogen) atoms. The molecule has 1 heterocycles. The molecular weight excluding hydrogens is 476 g/mol. The molecule has 1 aliphatic heterocycles. The number of nitrogens with zero attached hydrogens (tertiary/aromatic N) is 2. The zero-order valence-corrected chi connectivity index (χ0v) is 22.8. The van der Waals surface area contributed by atoms with E-state index in [-0.39, 0.29) is 12.1 Å². The quantitative estimate of drug-likeness (QED) is 0.256. The van der Waals surface area contributed by atoms with Crippen LogP contribution in [0.1, 0.15) is 39.9 Å². The molecule has 1 saturated heterocycles. The zero-order chi connectivity index (χ0) is 26.9. The Bertz CT molecular complexity index is 1570. The Morgan fingerprint density at radius 1 is 0.564 bits per heavy atom. The second kappa shape index (κ2) is 10.3. The average molecular weight is 511 g/mol. The normalized spacial score (nSPS) is 17.0. The Morgan fingerprint density at radius 2 is 1.05 bits per heavy atom. The van der Waals surface area contributed by atoms with Crippen molar-refractivity contribution in [3.8, 4) is 16.9 Å². The summed E-state index contributed by atoms with van der Waals surface area (Å²) in [4.78, 5) is 5.10. The number of phenolic OH excluding ortho intramolecular Hbond substituents is 1. The third-order valence-corrected chi connectivity index (χ3v) is 7.89. The maximum absolute atomic E-state index is 10.8. The van der Waals surface area contributed by atoms with E-state index < -0.39 is 0 Å². The SMILES string of the molecule is Cc1cc(C)c(N2CN(c3ccccc3-c3ccccc3O)[C@@H](c3ccccc3)[C@@H]2c2ccccc2)c(C)c1. The van der Waals surface area contributed by atoms with Crippen LogP contribution in [0.3, 0.4) is 0 Å². The zero-order valence-electron chi connectivity index (χ0n) is 22.8. The van der Waals surface area contributed by atoms with Crippen molar-refractivity contribution in [2.24, 2.45) is 0 Å². The monoisotopic (exact) mass is 510 g/mol. The van der Waals surface area contributed by atoms with Gasteiger partial charge in [-0.3, -0.25) is 0 Å². The molecule has 5 aromatic rings. The van der Waals surface area contributed by atoms with Crippen LogP contribution in [0.25, 0.3) is 11.1 Å². The minimum atomic E-state index is 0.0562. The van der Waals surface area contributed by atoms with Gasteiger partial charge in [-0.25, -0.2) is 0 Å². The molecule has 0 aliphatic carbocycles. The van der Waals surface area contributed by atoms with E-state index in [1.165, 1.54) is 33.5 Å². The maximum atomic E-state index is 10.8. The summed E-state index contributed by atoms with van der Waals surface area (Å²) in [6, 6.07) is 42.6. The molecule has 0 aromatic heterocycles.